The van der Waals surface area contributed by atoms with E-state index in [1.54, 1.807) is 13.0 Å². The van der Waals surface area contributed by atoms with Gasteiger partial charge in [-0.25, -0.2) is 9.78 Å². The first-order valence-corrected chi connectivity index (χ1v) is 9.31. The fraction of sp³-hybridized carbons (Fsp3) is 0.308. The lowest BCUT2D eigenvalue weighted by molar-refractivity contribution is 0.0596. The number of esters is 1. The lowest BCUT2D eigenvalue weighted by Crippen LogP contribution is -2.14. The van der Waals surface area contributed by atoms with Crippen LogP contribution in [-0.2, 0) is 21.8 Å². The van der Waals surface area contributed by atoms with Crippen molar-refractivity contribution in [1.82, 2.24) is 23.5 Å². The molecule has 0 bridgehead atoms. The first-order valence-electron chi connectivity index (χ1n) is 7.10. The molecule has 0 spiro atoms. The highest BCUT2D eigenvalue weighted by molar-refractivity contribution is 7.90. The van der Waals surface area contributed by atoms with Gasteiger partial charge in [0.25, 0.3) is 0 Å². The van der Waals surface area contributed by atoms with Gasteiger partial charge in [-0.05, 0) is 18.5 Å². The molecule has 0 aliphatic rings. The Morgan fingerprint density at radius 2 is 2.04 bits per heavy atom. The standard InChI is InChI=1S/C13H14N6O5S2/c1-7-5-9(23-3)19-12(15-7)16-13(25-19)17-26(21,22)10-8(11(20)24-4)6-14-18(10)2/h5-6H,1-4H3/b17-13+. The highest BCUT2D eigenvalue weighted by Gasteiger charge is 2.28. The molecule has 0 N–H and O–H groups in total. The summed E-state index contributed by atoms with van der Waals surface area (Å²) in [6.07, 6.45) is 1.11. The highest BCUT2D eigenvalue weighted by Crippen LogP contribution is 2.19. The Bertz CT molecular complexity index is 1170. The summed E-state index contributed by atoms with van der Waals surface area (Å²) in [6, 6.07) is 1.68. The molecule has 0 atom stereocenters. The maximum absolute atomic E-state index is 12.7. The van der Waals surface area contributed by atoms with Gasteiger partial charge in [0.1, 0.15) is 5.56 Å². The summed E-state index contributed by atoms with van der Waals surface area (Å²) in [7, 11) is -0.263. The minimum absolute atomic E-state index is 0.0709. The van der Waals surface area contributed by atoms with E-state index in [2.05, 4.69) is 24.2 Å². The second-order valence-electron chi connectivity index (χ2n) is 5.06. The Kier molecular flexibility index (Phi) is 4.50. The molecule has 0 saturated heterocycles. The zero-order chi connectivity index (χ0) is 19.1. The maximum atomic E-state index is 12.7. The molecule has 0 unspecified atom stereocenters. The van der Waals surface area contributed by atoms with Crippen LogP contribution in [0.4, 0.5) is 0 Å². The summed E-state index contributed by atoms with van der Waals surface area (Å²) in [5, 5.41) is 3.41. The molecule has 138 valence electrons. The van der Waals surface area contributed by atoms with Crippen molar-refractivity contribution >= 4 is 33.3 Å². The van der Waals surface area contributed by atoms with Crippen molar-refractivity contribution in [1.29, 1.82) is 0 Å². The molecule has 0 amide bonds. The summed E-state index contributed by atoms with van der Waals surface area (Å²) in [6.45, 7) is 1.76. The minimum atomic E-state index is -4.27. The molecule has 3 aromatic heterocycles. The van der Waals surface area contributed by atoms with Crippen molar-refractivity contribution in [3.8, 4) is 5.88 Å². The van der Waals surface area contributed by atoms with Gasteiger partial charge >= 0.3 is 16.0 Å². The summed E-state index contributed by atoms with van der Waals surface area (Å²) in [5.41, 5.74) is 0.445. The normalized spacial score (nSPS) is 12.5. The maximum Gasteiger partial charge on any atom is 0.342 e. The van der Waals surface area contributed by atoms with Crippen molar-refractivity contribution in [3.05, 3.63) is 28.3 Å². The van der Waals surface area contributed by atoms with Crippen LogP contribution in [0.3, 0.4) is 0 Å². The number of methoxy groups -OCH3 is 2. The molecule has 3 heterocycles. The number of sulfonamides is 1. The van der Waals surface area contributed by atoms with Crippen LogP contribution in [0.5, 0.6) is 5.88 Å². The average Bonchev–Trinajstić information content (AvgIpc) is 3.15. The second kappa shape index (κ2) is 6.49. The number of ether oxygens (including phenoxy) is 2. The molecule has 3 aromatic rings. The molecule has 0 radical (unpaired) electrons. The first kappa shape index (κ1) is 18.0. The van der Waals surface area contributed by atoms with Crippen LogP contribution in [0.25, 0.3) is 5.78 Å². The largest absolute Gasteiger partial charge is 0.481 e. The van der Waals surface area contributed by atoms with Crippen LogP contribution < -0.4 is 9.54 Å². The molecular weight excluding hydrogens is 384 g/mol. The van der Waals surface area contributed by atoms with Gasteiger partial charge in [-0.3, -0.25) is 4.68 Å². The quantitative estimate of drug-likeness (QED) is 0.558. The van der Waals surface area contributed by atoms with E-state index < -0.39 is 16.0 Å². The van der Waals surface area contributed by atoms with Gasteiger partial charge in [0.05, 0.1) is 20.4 Å². The van der Waals surface area contributed by atoms with Gasteiger partial charge in [-0.1, -0.05) is 0 Å². The molecule has 13 heteroatoms. The topological polar surface area (TPSA) is 130 Å². The third-order valence-electron chi connectivity index (χ3n) is 3.30. The van der Waals surface area contributed by atoms with Gasteiger partial charge in [-0.2, -0.15) is 22.3 Å². The van der Waals surface area contributed by atoms with E-state index in [4.69, 9.17) is 4.74 Å². The smallest absolute Gasteiger partial charge is 0.342 e. The SMILES string of the molecule is COC(=O)c1cnn(C)c1S(=O)(=O)/N=c1\nc2nc(C)cc(OC)n2s1. The van der Waals surface area contributed by atoms with E-state index in [-0.39, 0.29) is 21.2 Å². The molecule has 3 rings (SSSR count). The third-order valence-corrected chi connectivity index (χ3v) is 5.67. The summed E-state index contributed by atoms with van der Waals surface area (Å²) >= 11 is 0.934. The van der Waals surface area contributed by atoms with Crippen molar-refractivity contribution in [3.63, 3.8) is 0 Å². The Labute approximate surface area is 151 Å². The molecular formula is C13H14N6O5S2. The molecule has 11 nitrogen and oxygen atoms in total. The zero-order valence-electron chi connectivity index (χ0n) is 14.2. The van der Waals surface area contributed by atoms with Crippen molar-refractivity contribution < 1.29 is 22.7 Å². The molecule has 0 aliphatic carbocycles. The lowest BCUT2D eigenvalue weighted by Gasteiger charge is -2.02. The molecule has 0 aromatic carbocycles. The van der Waals surface area contributed by atoms with E-state index in [9.17, 15) is 13.2 Å². The monoisotopic (exact) mass is 398 g/mol. The third kappa shape index (κ3) is 3.06. The molecule has 26 heavy (non-hydrogen) atoms. The Morgan fingerprint density at radius 1 is 1.31 bits per heavy atom. The van der Waals surface area contributed by atoms with Gasteiger partial charge in [0.2, 0.25) is 16.5 Å². The first-order chi connectivity index (χ1) is 12.3. The van der Waals surface area contributed by atoms with Crippen LogP contribution in [0.15, 0.2) is 21.7 Å². The number of hydrogen-bond donors (Lipinski definition) is 0. The van der Waals surface area contributed by atoms with Crippen LogP contribution in [0.1, 0.15) is 16.1 Å². The minimum Gasteiger partial charge on any atom is -0.481 e. The van der Waals surface area contributed by atoms with Crippen molar-refractivity contribution in [2.45, 2.75) is 11.9 Å². The highest BCUT2D eigenvalue weighted by atomic mass is 32.2. The average molecular weight is 398 g/mol. The second-order valence-corrected chi connectivity index (χ2v) is 7.50. The molecule has 0 saturated carbocycles. The lowest BCUT2D eigenvalue weighted by atomic mass is 10.4. The van der Waals surface area contributed by atoms with Crippen molar-refractivity contribution in [2.24, 2.45) is 11.4 Å². The zero-order valence-corrected chi connectivity index (χ0v) is 15.8. The van der Waals surface area contributed by atoms with Crippen LogP contribution in [0.2, 0.25) is 0 Å². The number of rotatable bonds is 4. The van der Waals surface area contributed by atoms with E-state index in [0.717, 1.165) is 29.5 Å². The predicted octanol–water partition coefficient (Wildman–Crippen LogP) is -0.0825. The fourth-order valence-corrected chi connectivity index (χ4v) is 4.44. The Hall–Kier alpha value is -2.80. The van der Waals surface area contributed by atoms with Gasteiger partial charge in [0, 0.05) is 18.8 Å². The van der Waals surface area contributed by atoms with E-state index in [0.29, 0.717) is 11.6 Å². The summed E-state index contributed by atoms with van der Waals surface area (Å²) in [5.74, 6) is -0.136. The van der Waals surface area contributed by atoms with Gasteiger partial charge in [0.15, 0.2) is 5.03 Å². The summed E-state index contributed by atoms with van der Waals surface area (Å²) < 4.78 is 41.5. The Morgan fingerprint density at radius 3 is 2.69 bits per heavy atom. The van der Waals surface area contributed by atoms with Crippen LogP contribution >= 0.6 is 11.5 Å². The molecule has 0 fully saturated rings. The van der Waals surface area contributed by atoms with E-state index in [1.165, 1.54) is 17.9 Å². The van der Waals surface area contributed by atoms with E-state index >= 15 is 0 Å². The number of carbonyl (C=O) groups excluding carboxylic acids is 1. The van der Waals surface area contributed by atoms with E-state index in [1.807, 2.05) is 0 Å². The number of aryl methyl sites for hydroxylation is 2. The van der Waals surface area contributed by atoms with Gasteiger partial charge in [-0.15, -0.1) is 4.40 Å². The van der Waals surface area contributed by atoms with Crippen molar-refractivity contribution in [2.75, 3.05) is 14.2 Å². The number of hydrogen-bond acceptors (Lipinski definition) is 9. The fourth-order valence-electron chi connectivity index (χ4n) is 2.22. The van der Waals surface area contributed by atoms with Gasteiger partial charge < -0.3 is 9.47 Å². The number of aromatic nitrogens is 5. The van der Waals surface area contributed by atoms with Crippen LogP contribution in [-0.4, -0.2) is 52.1 Å². The Balaban J connectivity index is 2.20. The number of fused-ring (bicyclic) bond motifs is 1. The summed E-state index contributed by atoms with van der Waals surface area (Å²) in [4.78, 5) is 20.0. The predicted molar refractivity (Wildman–Crippen MR) is 89.4 cm³/mol. The van der Waals surface area contributed by atoms with Crippen LogP contribution in [0, 0.1) is 6.92 Å². The number of nitrogens with zero attached hydrogens (tertiary/aromatic N) is 6. The number of carbonyl (C=O) groups is 1. The molecule has 0 aliphatic heterocycles.